The molecule has 0 spiro atoms. The highest BCUT2D eigenvalue weighted by Gasteiger charge is 2.33. The second-order valence-electron chi connectivity index (χ2n) is 3.92. The number of hydrogen-bond donors (Lipinski definition) is 0. The summed E-state index contributed by atoms with van der Waals surface area (Å²) in [4.78, 5) is 12.1. The molecule has 0 radical (unpaired) electrons. The Kier molecular flexibility index (Phi) is 2.21. The van der Waals surface area contributed by atoms with Crippen molar-refractivity contribution in [2.75, 3.05) is 0 Å². The largest absolute Gasteiger partial charge is 0.446 e. The molecule has 0 amide bonds. The van der Waals surface area contributed by atoms with E-state index in [1.54, 1.807) is 12.1 Å². The zero-order valence-electron chi connectivity index (χ0n) is 8.44. The normalized spacial score (nSPS) is 17.7. The van der Waals surface area contributed by atoms with Gasteiger partial charge in [0.15, 0.2) is 10.4 Å². The highest BCUT2D eigenvalue weighted by molar-refractivity contribution is 9.10. The molecule has 16 heavy (non-hydrogen) atoms. The van der Waals surface area contributed by atoms with Crippen LogP contribution in [-0.4, -0.2) is 5.78 Å². The lowest BCUT2D eigenvalue weighted by atomic mass is 9.75. The maximum absolute atomic E-state index is 12.1. The summed E-state index contributed by atoms with van der Waals surface area (Å²) >= 11 is 3.20. The van der Waals surface area contributed by atoms with Crippen LogP contribution in [0, 0.1) is 0 Å². The zero-order chi connectivity index (χ0) is 11.1. The van der Waals surface area contributed by atoms with Crippen molar-refractivity contribution in [1.29, 1.82) is 0 Å². The molecule has 1 atom stereocenters. The van der Waals surface area contributed by atoms with Crippen molar-refractivity contribution < 1.29 is 9.21 Å². The summed E-state index contributed by atoms with van der Waals surface area (Å²) in [6.45, 7) is 0. The fourth-order valence-corrected chi connectivity index (χ4v) is 2.42. The molecule has 0 N–H and O–H groups in total. The van der Waals surface area contributed by atoms with Crippen LogP contribution in [0.3, 0.4) is 0 Å². The summed E-state index contributed by atoms with van der Waals surface area (Å²) in [5.74, 6) is 0.491. The maximum Gasteiger partial charge on any atom is 0.205 e. The number of benzene rings is 1. The van der Waals surface area contributed by atoms with Gasteiger partial charge >= 0.3 is 0 Å². The Hall–Kier alpha value is -1.35. The number of furan rings is 1. The van der Waals surface area contributed by atoms with Gasteiger partial charge < -0.3 is 4.42 Å². The third-order valence-corrected chi connectivity index (χ3v) is 3.41. The SMILES string of the molecule is O=C(c1ccc(Br)o1)C1Cc2ccccc21. The van der Waals surface area contributed by atoms with E-state index in [1.165, 1.54) is 5.56 Å². The van der Waals surface area contributed by atoms with Crippen LogP contribution in [-0.2, 0) is 6.42 Å². The summed E-state index contributed by atoms with van der Waals surface area (Å²) < 4.78 is 5.88. The van der Waals surface area contributed by atoms with Crippen molar-refractivity contribution >= 4 is 21.7 Å². The van der Waals surface area contributed by atoms with Crippen molar-refractivity contribution in [3.05, 3.63) is 58.0 Å². The minimum Gasteiger partial charge on any atom is -0.446 e. The second kappa shape index (κ2) is 3.59. The van der Waals surface area contributed by atoms with E-state index in [2.05, 4.69) is 22.0 Å². The molecule has 1 aromatic heterocycles. The van der Waals surface area contributed by atoms with Gasteiger partial charge in [-0.15, -0.1) is 0 Å². The lowest BCUT2D eigenvalue weighted by Gasteiger charge is -2.27. The number of fused-ring (bicyclic) bond motifs is 1. The monoisotopic (exact) mass is 276 g/mol. The Bertz CT molecular complexity index is 557. The Morgan fingerprint density at radius 2 is 2.06 bits per heavy atom. The van der Waals surface area contributed by atoms with E-state index < -0.39 is 0 Å². The number of halogens is 1. The molecule has 3 rings (SSSR count). The van der Waals surface area contributed by atoms with Gasteiger partial charge in [-0.1, -0.05) is 24.3 Å². The van der Waals surface area contributed by atoms with Crippen LogP contribution in [0.25, 0.3) is 0 Å². The summed E-state index contributed by atoms with van der Waals surface area (Å²) in [7, 11) is 0. The van der Waals surface area contributed by atoms with Gasteiger partial charge in [-0.2, -0.15) is 0 Å². The molecule has 1 unspecified atom stereocenters. The molecule has 1 aromatic carbocycles. The number of ketones is 1. The Morgan fingerprint density at radius 1 is 1.25 bits per heavy atom. The molecular formula is C13H9BrO2. The van der Waals surface area contributed by atoms with Gasteiger partial charge in [0.25, 0.3) is 0 Å². The van der Waals surface area contributed by atoms with Gasteiger partial charge in [0, 0.05) is 0 Å². The summed E-state index contributed by atoms with van der Waals surface area (Å²) in [5.41, 5.74) is 2.41. The summed E-state index contributed by atoms with van der Waals surface area (Å²) in [6.07, 6.45) is 0.827. The van der Waals surface area contributed by atoms with Crippen molar-refractivity contribution in [2.24, 2.45) is 0 Å². The van der Waals surface area contributed by atoms with Crippen LogP contribution in [0.5, 0.6) is 0 Å². The summed E-state index contributed by atoms with van der Waals surface area (Å²) in [5, 5.41) is 0. The number of hydrogen-bond acceptors (Lipinski definition) is 2. The third-order valence-electron chi connectivity index (χ3n) is 2.99. The van der Waals surface area contributed by atoms with Gasteiger partial charge in [-0.3, -0.25) is 4.79 Å². The van der Waals surface area contributed by atoms with E-state index in [1.807, 2.05) is 18.2 Å². The first-order chi connectivity index (χ1) is 7.75. The smallest absolute Gasteiger partial charge is 0.205 e. The van der Waals surface area contributed by atoms with Gasteiger partial charge in [-0.25, -0.2) is 0 Å². The van der Waals surface area contributed by atoms with E-state index in [0.29, 0.717) is 10.4 Å². The molecule has 0 saturated heterocycles. The van der Waals surface area contributed by atoms with Crippen LogP contribution >= 0.6 is 15.9 Å². The molecule has 3 heteroatoms. The molecule has 2 nitrogen and oxygen atoms in total. The van der Waals surface area contributed by atoms with Crippen LogP contribution in [0.4, 0.5) is 0 Å². The molecule has 2 aromatic rings. The van der Waals surface area contributed by atoms with E-state index in [4.69, 9.17) is 4.42 Å². The summed E-state index contributed by atoms with van der Waals surface area (Å²) in [6, 6.07) is 11.5. The molecule has 0 saturated carbocycles. The predicted molar refractivity (Wildman–Crippen MR) is 63.6 cm³/mol. The van der Waals surface area contributed by atoms with Gasteiger partial charge in [-0.05, 0) is 45.6 Å². The Labute approximate surface area is 101 Å². The lowest BCUT2D eigenvalue weighted by molar-refractivity contribution is 0.0920. The fraction of sp³-hybridized carbons (Fsp3) is 0.154. The van der Waals surface area contributed by atoms with Crippen molar-refractivity contribution in [2.45, 2.75) is 12.3 Å². The highest BCUT2D eigenvalue weighted by Crippen LogP contribution is 2.37. The number of carbonyl (C=O) groups excluding carboxylic acids is 1. The molecule has 1 heterocycles. The molecule has 1 aliphatic rings. The number of rotatable bonds is 2. The highest BCUT2D eigenvalue weighted by atomic mass is 79.9. The van der Waals surface area contributed by atoms with E-state index >= 15 is 0 Å². The molecule has 80 valence electrons. The molecule has 0 bridgehead atoms. The first kappa shape index (κ1) is 9.85. The molecular weight excluding hydrogens is 268 g/mol. The third kappa shape index (κ3) is 1.43. The zero-order valence-corrected chi connectivity index (χ0v) is 10.0. The lowest BCUT2D eigenvalue weighted by Crippen LogP contribution is -2.24. The quantitative estimate of drug-likeness (QED) is 0.785. The fourth-order valence-electron chi connectivity index (χ4n) is 2.11. The Morgan fingerprint density at radius 3 is 2.75 bits per heavy atom. The van der Waals surface area contributed by atoms with Gasteiger partial charge in [0.1, 0.15) is 0 Å². The van der Waals surface area contributed by atoms with Crippen LogP contribution in [0.1, 0.15) is 27.6 Å². The molecule has 0 aliphatic heterocycles. The van der Waals surface area contributed by atoms with Crippen LogP contribution < -0.4 is 0 Å². The van der Waals surface area contributed by atoms with Gasteiger partial charge in [0.2, 0.25) is 5.78 Å². The van der Waals surface area contributed by atoms with Crippen molar-refractivity contribution in [3.63, 3.8) is 0 Å². The Balaban J connectivity index is 1.90. The minimum atomic E-state index is -0.0192. The number of Topliss-reactive ketones (excluding diaryl/α,β-unsaturated/α-hetero) is 1. The second-order valence-corrected chi connectivity index (χ2v) is 4.71. The van der Waals surface area contributed by atoms with E-state index in [0.717, 1.165) is 12.0 Å². The van der Waals surface area contributed by atoms with Gasteiger partial charge in [0.05, 0.1) is 5.92 Å². The average Bonchev–Trinajstić information content (AvgIpc) is 2.67. The molecule has 0 fully saturated rings. The molecule has 1 aliphatic carbocycles. The van der Waals surface area contributed by atoms with Crippen LogP contribution in [0.2, 0.25) is 0 Å². The predicted octanol–water partition coefficient (Wildman–Crippen LogP) is 3.56. The first-order valence-electron chi connectivity index (χ1n) is 5.13. The number of carbonyl (C=O) groups is 1. The van der Waals surface area contributed by atoms with Crippen LogP contribution in [0.15, 0.2) is 45.5 Å². The average molecular weight is 277 g/mol. The topological polar surface area (TPSA) is 30.2 Å². The minimum absolute atomic E-state index is 0.0192. The first-order valence-corrected chi connectivity index (χ1v) is 5.92. The maximum atomic E-state index is 12.1. The van der Waals surface area contributed by atoms with E-state index in [-0.39, 0.29) is 11.7 Å². The van der Waals surface area contributed by atoms with Crippen molar-refractivity contribution in [3.8, 4) is 0 Å². The van der Waals surface area contributed by atoms with E-state index in [9.17, 15) is 4.79 Å². The standard InChI is InChI=1S/C13H9BrO2/c14-12-6-5-11(16-12)13(15)10-7-8-3-1-2-4-9(8)10/h1-6,10H,7H2. The van der Waals surface area contributed by atoms with Crippen molar-refractivity contribution in [1.82, 2.24) is 0 Å².